The Bertz CT molecular complexity index is 1160. The van der Waals surface area contributed by atoms with Gasteiger partial charge < -0.3 is 9.47 Å². The Balaban J connectivity index is 1.78. The molecular weight excluding hydrogens is 368 g/mol. The Morgan fingerprint density at radius 2 is 1.69 bits per heavy atom. The minimum Gasteiger partial charge on any atom is -0.497 e. The van der Waals surface area contributed by atoms with Crippen LogP contribution >= 0.6 is 0 Å². The van der Waals surface area contributed by atoms with Crippen molar-refractivity contribution in [1.82, 2.24) is 14.8 Å². The molecular formula is C22H20N4O3. The lowest BCUT2D eigenvalue weighted by Gasteiger charge is -2.14. The second-order valence-corrected chi connectivity index (χ2v) is 6.73. The molecule has 2 aromatic carbocycles. The number of methoxy groups -OCH3 is 2. The minimum atomic E-state index is -0.689. The maximum Gasteiger partial charge on any atom is 0.142 e. The second kappa shape index (κ2) is 7.71. The van der Waals surface area contributed by atoms with E-state index < -0.39 is 6.04 Å². The Morgan fingerprint density at radius 1 is 0.931 bits per heavy atom. The lowest BCUT2D eigenvalue weighted by atomic mass is 9.97. The number of aryl methyl sites for hydroxylation is 1. The van der Waals surface area contributed by atoms with Crippen LogP contribution in [0.4, 0.5) is 0 Å². The van der Waals surface area contributed by atoms with Crippen molar-refractivity contribution in [2.75, 3.05) is 14.2 Å². The molecule has 0 bridgehead atoms. The third-order valence-electron chi connectivity index (χ3n) is 4.85. The molecule has 0 fully saturated rings. The summed E-state index contributed by atoms with van der Waals surface area (Å²) in [6.45, 7) is 0. The van der Waals surface area contributed by atoms with Gasteiger partial charge in [0.1, 0.15) is 17.5 Å². The van der Waals surface area contributed by atoms with Gasteiger partial charge in [-0.05, 0) is 41.5 Å². The molecule has 0 saturated carbocycles. The summed E-state index contributed by atoms with van der Waals surface area (Å²) >= 11 is 0. The summed E-state index contributed by atoms with van der Waals surface area (Å²) in [4.78, 5) is 16.3. The summed E-state index contributed by atoms with van der Waals surface area (Å²) in [7, 11) is 5.02. The molecule has 0 N–H and O–H groups in total. The molecule has 0 aliphatic heterocycles. The number of ether oxygens (including phenoxy) is 2. The van der Waals surface area contributed by atoms with Crippen LogP contribution in [0.2, 0.25) is 0 Å². The summed E-state index contributed by atoms with van der Waals surface area (Å²) in [6, 6.07) is 12.4. The molecule has 1 unspecified atom stereocenters. The van der Waals surface area contributed by atoms with E-state index in [0.717, 1.165) is 27.6 Å². The molecule has 29 heavy (non-hydrogen) atoms. The Kier molecular flexibility index (Phi) is 4.95. The number of pyridine rings is 1. The zero-order valence-corrected chi connectivity index (χ0v) is 16.4. The maximum atomic E-state index is 11.8. The zero-order valence-electron chi connectivity index (χ0n) is 16.4. The lowest BCUT2D eigenvalue weighted by Crippen LogP contribution is -2.00. The van der Waals surface area contributed by atoms with E-state index in [2.05, 4.69) is 15.3 Å². The highest BCUT2D eigenvalue weighted by molar-refractivity contribution is 5.84. The monoisotopic (exact) mass is 388 g/mol. The van der Waals surface area contributed by atoms with Crippen LogP contribution in [0.5, 0.6) is 11.5 Å². The SMILES string of the molecule is COc1cc(OC)cc(C(N=O)c2ccc3ncc(-c4cnn(C)c4)cc3c2)c1. The van der Waals surface area contributed by atoms with Gasteiger partial charge in [0.05, 0.1) is 25.9 Å². The summed E-state index contributed by atoms with van der Waals surface area (Å²) in [5.41, 5.74) is 4.26. The van der Waals surface area contributed by atoms with Crippen LogP contribution in [0.1, 0.15) is 17.2 Å². The molecule has 7 heteroatoms. The van der Waals surface area contributed by atoms with Crippen LogP contribution in [0.15, 0.2) is 66.2 Å². The molecule has 2 aromatic heterocycles. The molecule has 2 heterocycles. The van der Waals surface area contributed by atoms with Crippen molar-refractivity contribution in [3.63, 3.8) is 0 Å². The third-order valence-corrected chi connectivity index (χ3v) is 4.85. The predicted octanol–water partition coefficient (Wildman–Crippen LogP) is 4.51. The predicted molar refractivity (Wildman–Crippen MR) is 111 cm³/mol. The molecule has 0 amide bonds. The van der Waals surface area contributed by atoms with Gasteiger partial charge in [-0.3, -0.25) is 9.67 Å². The van der Waals surface area contributed by atoms with Crippen LogP contribution in [0, 0.1) is 4.91 Å². The van der Waals surface area contributed by atoms with Gasteiger partial charge in [-0.2, -0.15) is 5.10 Å². The number of hydrogen-bond acceptors (Lipinski definition) is 6. The number of nitrogens with zero attached hydrogens (tertiary/aromatic N) is 4. The molecule has 4 rings (SSSR count). The smallest absolute Gasteiger partial charge is 0.142 e. The van der Waals surface area contributed by atoms with E-state index in [1.165, 1.54) is 0 Å². The zero-order chi connectivity index (χ0) is 20.4. The molecule has 4 aromatic rings. The van der Waals surface area contributed by atoms with Gasteiger partial charge in [0.25, 0.3) is 0 Å². The van der Waals surface area contributed by atoms with Gasteiger partial charge in [0.2, 0.25) is 0 Å². The van der Waals surface area contributed by atoms with E-state index in [1.807, 2.05) is 43.7 Å². The van der Waals surface area contributed by atoms with Crippen LogP contribution in [0.25, 0.3) is 22.0 Å². The lowest BCUT2D eigenvalue weighted by molar-refractivity contribution is 0.393. The van der Waals surface area contributed by atoms with Crippen molar-refractivity contribution in [3.8, 4) is 22.6 Å². The Morgan fingerprint density at radius 3 is 2.31 bits per heavy atom. The molecule has 146 valence electrons. The number of rotatable bonds is 6. The highest BCUT2D eigenvalue weighted by Crippen LogP contribution is 2.34. The topological polar surface area (TPSA) is 78.6 Å². The van der Waals surface area contributed by atoms with Crippen LogP contribution in [0.3, 0.4) is 0 Å². The van der Waals surface area contributed by atoms with Crippen molar-refractivity contribution >= 4 is 10.9 Å². The van der Waals surface area contributed by atoms with Gasteiger partial charge >= 0.3 is 0 Å². The summed E-state index contributed by atoms with van der Waals surface area (Å²) in [5.74, 6) is 1.21. The highest BCUT2D eigenvalue weighted by Gasteiger charge is 2.18. The van der Waals surface area contributed by atoms with Gasteiger partial charge in [-0.25, -0.2) is 0 Å². The summed E-state index contributed by atoms with van der Waals surface area (Å²) < 4.78 is 12.4. The van der Waals surface area contributed by atoms with E-state index in [9.17, 15) is 4.91 Å². The summed E-state index contributed by atoms with van der Waals surface area (Å²) in [6.07, 6.45) is 5.55. The van der Waals surface area contributed by atoms with Crippen LogP contribution in [-0.4, -0.2) is 29.0 Å². The largest absolute Gasteiger partial charge is 0.497 e. The van der Waals surface area contributed by atoms with Crippen molar-refractivity contribution in [3.05, 3.63) is 77.1 Å². The first-order valence-electron chi connectivity index (χ1n) is 9.05. The molecule has 7 nitrogen and oxygen atoms in total. The highest BCUT2D eigenvalue weighted by atomic mass is 16.5. The van der Waals surface area contributed by atoms with Crippen LogP contribution < -0.4 is 9.47 Å². The number of benzene rings is 2. The van der Waals surface area contributed by atoms with E-state index in [4.69, 9.17) is 9.47 Å². The standard InChI is InChI=1S/C22H20N4O3/c1-26-13-18(12-24-26)17-7-15-6-14(4-5-21(15)23-11-17)22(25-27)16-8-19(28-2)10-20(9-16)29-3/h4-13,22H,1-3H3. The van der Waals surface area contributed by atoms with Crippen molar-refractivity contribution in [2.45, 2.75) is 6.04 Å². The summed E-state index contributed by atoms with van der Waals surface area (Å²) in [5, 5.41) is 8.51. The Labute approximate surface area is 167 Å². The molecule has 1 atom stereocenters. The van der Waals surface area contributed by atoms with Gasteiger partial charge in [0, 0.05) is 42.0 Å². The first kappa shape index (κ1) is 18.6. The maximum absolute atomic E-state index is 11.8. The van der Waals surface area contributed by atoms with Crippen molar-refractivity contribution in [1.29, 1.82) is 0 Å². The molecule has 0 spiro atoms. The number of fused-ring (bicyclic) bond motifs is 1. The van der Waals surface area contributed by atoms with Gasteiger partial charge in [0.15, 0.2) is 0 Å². The van der Waals surface area contributed by atoms with Crippen molar-refractivity contribution in [2.24, 2.45) is 12.2 Å². The van der Waals surface area contributed by atoms with Crippen molar-refractivity contribution < 1.29 is 9.47 Å². The average Bonchev–Trinajstić information content (AvgIpc) is 3.19. The van der Waals surface area contributed by atoms with Gasteiger partial charge in [-0.1, -0.05) is 11.2 Å². The van der Waals surface area contributed by atoms with Gasteiger partial charge in [-0.15, -0.1) is 4.91 Å². The van der Waals surface area contributed by atoms with Crippen LogP contribution in [-0.2, 0) is 7.05 Å². The molecule has 0 aliphatic rings. The minimum absolute atomic E-state index is 0.606. The van der Waals surface area contributed by atoms with E-state index in [-0.39, 0.29) is 0 Å². The first-order valence-corrected chi connectivity index (χ1v) is 9.05. The molecule has 0 saturated heterocycles. The molecule has 0 radical (unpaired) electrons. The third kappa shape index (κ3) is 3.67. The average molecular weight is 388 g/mol. The van der Waals surface area contributed by atoms with E-state index in [1.54, 1.807) is 43.3 Å². The fraction of sp³-hybridized carbons (Fsp3) is 0.182. The molecule has 0 aliphatic carbocycles. The van der Waals surface area contributed by atoms with E-state index >= 15 is 0 Å². The Hall–Kier alpha value is -3.74. The quantitative estimate of drug-likeness (QED) is 0.454. The fourth-order valence-electron chi connectivity index (χ4n) is 3.35. The number of nitroso groups, excluding NO2 is 1. The number of hydrogen-bond donors (Lipinski definition) is 0. The number of aromatic nitrogens is 3. The fourth-order valence-corrected chi connectivity index (χ4v) is 3.35. The first-order chi connectivity index (χ1) is 14.1. The second-order valence-electron chi connectivity index (χ2n) is 6.73. The van der Waals surface area contributed by atoms with E-state index in [0.29, 0.717) is 17.1 Å². The normalized spacial score (nSPS) is 12.0.